The van der Waals surface area contributed by atoms with E-state index >= 15 is 0 Å². The molecule has 0 saturated carbocycles. The van der Waals surface area contributed by atoms with Crippen molar-refractivity contribution in [3.8, 4) is 11.4 Å². The van der Waals surface area contributed by atoms with Gasteiger partial charge in [-0.2, -0.15) is 4.98 Å². The molecule has 2 saturated heterocycles. The molecule has 2 aromatic carbocycles. The third-order valence-electron chi connectivity index (χ3n) is 6.16. The molecule has 5 rings (SSSR count). The molecular formula is C25H27ClN4O3S. The van der Waals surface area contributed by atoms with Gasteiger partial charge in [0.2, 0.25) is 11.7 Å². The SMILES string of the molecule is O=C(c1ccccc1SCC1CCCO1)N1CCN(Cc2nc(-c3ccc(Cl)cc3)no2)CC1. The fourth-order valence-corrected chi connectivity index (χ4v) is 5.47. The van der Waals surface area contributed by atoms with Gasteiger partial charge in [0, 0.05) is 54.0 Å². The first-order valence-electron chi connectivity index (χ1n) is 11.6. The van der Waals surface area contributed by atoms with E-state index in [9.17, 15) is 4.79 Å². The number of halogens is 1. The fraction of sp³-hybridized carbons (Fsp3) is 0.400. The van der Waals surface area contributed by atoms with Gasteiger partial charge < -0.3 is 14.2 Å². The largest absolute Gasteiger partial charge is 0.377 e. The Labute approximate surface area is 208 Å². The molecular weight excluding hydrogens is 472 g/mol. The Kier molecular flexibility index (Phi) is 7.49. The van der Waals surface area contributed by atoms with Crippen LogP contribution in [0.1, 0.15) is 29.1 Å². The van der Waals surface area contributed by atoms with Crippen molar-refractivity contribution in [2.75, 3.05) is 38.5 Å². The molecule has 3 aromatic rings. The summed E-state index contributed by atoms with van der Waals surface area (Å²) in [4.78, 5) is 23.0. The standard InChI is InChI=1S/C25H27ClN4O3S/c26-19-9-7-18(8-10-19)24-27-23(33-28-24)16-29-11-13-30(14-12-29)25(31)21-5-1-2-6-22(21)34-17-20-4-3-15-32-20/h1-2,5-10,20H,3-4,11-17H2. The van der Waals surface area contributed by atoms with Crippen molar-refractivity contribution in [3.05, 3.63) is 65.0 Å². The zero-order valence-corrected chi connectivity index (χ0v) is 20.4. The van der Waals surface area contributed by atoms with Gasteiger partial charge in [-0.15, -0.1) is 11.8 Å². The molecule has 2 aliphatic rings. The van der Waals surface area contributed by atoms with Gasteiger partial charge in [-0.3, -0.25) is 9.69 Å². The van der Waals surface area contributed by atoms with E-state index in [4.69, 9.17) is 20.9 Å². The molecule has 0 bridgehead atoms. The zero-order chi connectivity index (χ0) is 23.3. The smallest absolute Gasteiger partial charge is 0.255 e. The highest BCUT2D eigenvalue weighted by atomic mass is 35.5. The van der Waals surface area contributed by atoms with Crippen molar-refractivity contribution >= 4 is 29.3 Å². The molecule has 0 N–H and O–H groups in total. The molecule has 1 amide bonds. The first kappa shape index (κ1) is 23.4. The molecule has 178 valence electrons. The normalized spacial score (nSPS) is 19.0. The number of rotatable bonds is 7. The monoisotopic (exact) mass is 498 g/mol. The van der Waals surface area contributed by atoms with E-state index in [-0.39, 0.29) is 5.91 Å². The predicted octanol–water partition coefficient (Wildman–Crippen LogP) is 4.62. The second kappa shape index (κ2) is 10.9. The van der Waals surface area contributed by atoms with E-state index in [1.54, 1.807) is 11.8 Å². The summed E-state index contributed by atoms with van der Waals surface area (Å²) in [6.07, 6.45) is 2.52. The number of carbonyl (C=O) groups excluding carboxylic acids is 1. The van der Waals surface area contributed by atoms with Gasteiger partial charge in [-0.1, -0.05) is 28.9 Å². The van der Waals surface area contributed by atoms with E-state index in [0.29, 0.717) is 42.5 Å². The topological polar surface area (TPSA) is 71.7 Å². The molecule has 2 fully saturated rings. The lowest BCUT2D eigenvalue weighted by Crippen LogP contribution is -2.48. The quantitative estimate of drug-likeness (QED) is 0.440. The Bertz CT molecular complexity index is 1110. The summed E-state index contributed by atoms with van der Waals surface area (Å²) in [5.74, 6) is 2.11. The van der Waals surface area contributed by atoms with Gasteiger partial charge in [0.15, 0.2) is 0 Å². The molecule has 0 aliphatic carbocycles. The second-order valence-corrected chi connectivity index (χ2v) is 10.0. The van der Waals surface area contributed by atoms with Crippen LogP contribution in [0.2, 0.25) is 5.02 Å². The van der Waals surface area contributed by atoms with Gasteiger partial charge in [0.05, 0.1) is 18.2 Å². The summed E-state index contributed by atoms with van der Waals surface area (Å²) in [6, 6.07) is 15.3. The Morgan fingerprint density at radius 2 is 1.88 bits per heavy atom. The Hall–Kier alpha value is -2.39. The lowest BCUT2D eigenvalue weighted by atomic mass is 10.2. The third kappa shape index (κ3) is 5.63. The minimum Gasteiger partial charge on any atom is -0.377 e. The highest BCUT2D eigenvalue weighted by molar-refractivity contribution is 7.99. The van der Waals surface area contributed by atoms with Crippen molar-refractivity contribution in [1.82, 2.24) is 19.9 Å². The molecule has 2 aliphatic heterocycles. The van der Waals surface area contributed by atoms with Crippen LogP contribution >= 0.6 is 23.4 Å². The first-order chi connectivity index (χ1) is 16.7. The van der Waals surface area contributed by atoms with Crippen LogP contribution in [-0.2, 0) is 11.3 Å². The van der Waals surface area contributed by atoms with Gasteiger partial charge >= 0.3 is 0 Å². The lowest BCUT2D eigenvalue weighted by molar-refractivity contribution is 0.0611. The maximum atomic E-state index is 13.3. The number of thioether (sulfide) groups is 1. The fourth-order valence-electron chi connectivity index (χ4n) is 4.23. The third-order valence-corrected chi connectivity index (χ3v) is 7.61. The van der Waals surface area contributed by atoms with Crippen LogP contribution in [0.15, 0.2) is 57.9 Å². The Morgan fingerprint density at radius 3 is 2.65 bits per heavy atom. The van der Waals surface area contributed by atoms with Crippen molar-refractivity contribution in [2.45, 2.75) is 30.4 Å². The van der Waals surface area contributed by atoms with Gasteiger partial charge in [0.1, 0.15) is 0 Å². The van der Waals surface area contributed by atoms with Crippen LogP contribution in [-0.4, -0.2) is 70.5 Å². The summed E-state index contributed by atoms with van der Waals surface area (Å²) in [5, 5.41) is 4.76. The minimum atomic E-state index is 0.0953. The number of nitrogens with zero attached hydrogens (tertiary/aromatic N) is 4. The summed E-state index contributed by atoms with van der Waals surface area (Å²) in [7, 11) is 0. The lowest BCUT2D eigenvalue weighted by Gasteiger charge is -2.34. The summed E-state index contributed by atoms with van der Waals surface area (Å²) in [6.45, 7) is 4.27. The van der Waals surface area contributed by atoms with Crippen molar-refractivity contribution in [2.24, 2.45) is 0 Å². The molecule has 9 heteroatoms. The Balaban J connectivity index is 1.15. The maximum absolute atomic E-state index is 13.3. The Morgan fingerprint density at radius 1 is 1.09 bits per heavy atom. The number of amides is 1. The van der Waals surface area contributed by atoms with Crippen molar-refractivity contribution < 1.29 is 14.1 Å². The van der Waals surface area contributed by atoms with Crippen LogP contribution in [0.3, 0.4) is 0 Å². The number of carbonyl (C=O) groups is 1. The average Bonchev–Trinajstić information content (AvgIpc) is 3.56. The second-order valence-electron chi connectivity index (χ2n) is 8.53. The van der Waals surface area contributed by atoms with E-state index in [1.165, 1.54) is 0 Å². The van der Waals surface area contributed by atoms with E-state index in [0.717, 1.165) is 54.3 Å². The minimum absolute atomic E-state index is 0.0953. The summed E-state index contributed by atoms with van der Waals surface area (Å²) >= 11 is 7.67. The van der Waals surface area contributed by atoms with Crippen LogP contribution in [0, 0.1) is 0 Å². The first-order valence-corrected chi connectivity index (χ1v) is 13.0. The number of ether oxygens (including phenoxy) is 1. The molecule has 0 spiro atoms. The molecule has 34 heavy (non-hydrogen) atoms. The molecule has 1 aromatic heterocycles. The molecule has 0 radical (unpaired) electrons. The molecule has 1 unspecified atom stereocenters. The van der Waals surface area contributed by atoms with E-state index in [1.807, 2.05) is 53.4 Å². The highest BCUT2D eigenvalue weighted by Gasteiger charge is 2.25. The molecule has 3 heterocycles. The van der Waals surface area contributed by atoms with Crippen LogP contribution in [0.5, 0.6) is 0 Å². The summed E-state index contributed by atoms with van der Waals surface area (Å²) in [5.41, 5.74) is 1.65. The number of aromatic nitrogens is 2. The number of hydrogen-bond donors (Lipinski definition) is 0. The summed E-state index contributed by atoms with van der Waals surface area (Å²) < 4.78 is 11.2. The van der Waals surface area contributed by atoms with Gasteiger partial charge in [-0.05, 0) is 49.2 Å². The van der Waals surface area contributed by atoms with E-state index in [2.05, 4.69) is 15.0 Å². The van der Waals surface area contributed by atoms with Crippen LogP contribution < -0.4 is 0 Å². The number of piperazine rings is 1. The van der Waals surface area contributed by atoms with Gasteiger partial charge in [-0.25, -0.2) is 0 Å². The molecule has 1 atom stereocenters. The van der Waals surface area contributed by atoms with Gasteiger partial charge in [0.25, 0.3) is 5.91 Å². The predicted molar refractivity (Wildman–Crippen MR) is 132 cm³/mol. The average molecular weight is 499 g/mol. The van der Waals surface area contributed by atoms with Crippen LogP contribution in [0.25, 0.3) is 11.4 Å². The van der Waals surface area contributed by atoms with Crippen molar-refractivity contribution in [3.63, 3.8) is 0 Å². The van der Waals surface area contributed by atoms with E-state index < -0.39 is 0 Å². The van der Waals surface area contributed by atoms with Crippen LogP contribution in [0.4, 0.5) is 0 Å². The number of benzene rings is 2. The zero-order valence-electron chi connectivity index (χ0n) is 18.9. The molecule has 7 nitrogen and oxygen atoms in total. The maximum Gasteiger partial charge on any atom is 0.255 e. The van der Waals surface area contributed by atoms with Crippen molar-refractivity contribution in [1.29, 1.82) is 0 Å². The highest BCUT2D eigenvalue weighted by Crippen LogP contribution is 2.28. The number of hydrogen-bond acceptors (Lipinski definition) is 7.